The molecule has 0 bridgehead atoms. The summed E-state index contributed by atoms with van der Waals surface area (Å²) in [5, 5.41) is 22.6. The Labute approximate surface area is 144 Å². The van der Waals surface area contributed by atoms with E-state index in [9.17, 15) is 19.2 Å². The van der Waals surface area contributed by atoms with Gasteiger partial charge in [0.15, 0.2) is 24.9 Å². The largest absolute Gasteiger partial charge is 0.480 e. The third-order valence-electron chi connectivity index (χ3n) is 4.13. The topological polar surface area (TPSA) is 176 Å². The van der Waals surface area contributed by atoms with Crippen LogP contribution in [0.2, 0.25) is 0 Å². The highest BCUT2D eigenvalue weighted by Gasteiger charge is 2.57. The van der Waals surface area contributed by atoms with Crippen molar-refractivity contribution in [2.24, 2.45) is 0 Å². The van der Waals surface area contributed by atoms with Gasteiger partial charge in [0.2, 0.25) is 12.6 Å². The summed E-state index contributed by atoms with van der Waals surface area (Å²) in [5.41, 5.74) is 0. The number of carbonyl (C=O) groups is 4. The van der Waals surface area contributed by atoms with Crippen LogP contribution in [0, 0.1) is 0 Å². The Kier molecular flexibility index (Phi) is 3.83. The Morgan fingerprint density at radius 1 is 0.808 bits per heavy atom. The SMILES string of the molecule is O=C(O)CN1C(=O)N[C@@H]2O[C@H]([C@H]3O[C@@H]4[C@@H](NC(=O)N4CC(=O)O)O3)O[C@H]21. The van der Waals surface area contributed by atoms with Gasteiger partial charge in [0.25, 0.3) is 0 Å². The molecule has 0 aromatic heterocycles. The third kappa shape index (κ3) is 2.68. The molecule has 4 rings (SSSR count). The van der Waals surface area contributed by atoms with Gasteiger partial charge >= 0.3 is 24.0 Å². The van der Waals surface area contributed by atoms with Crippen LogP contribution in [0.15, 0.2) is 0 Å². The number of carboxylic acids is 2. The maximum absolute atomic E-state index is 11.7. The molecule has 4 saturated heterocycles. The monoisotopic (exact) mass is 374 g/mol. The fourth-order valence-electron chi connectivity index (χ4n) is 3.10. The van der Waals surface area contributed by atoms with Gasteiger partial charge in [-0.25, -0.2) is 9.59 Å². The Morgan fingerprint density at radius 3 is 1.54 bits per heavy atom. The molecular formula is C12H14N4O10. The highest BCUT2D eigenvalue weighted by atomic mass is 16.8. The standard InChI is InChI=1S/C12H14N4O10/c17-3(18)1-15-7-5(13-11(15)21)23-9(25-7)10-24-6-8(26-10)16(2-4(19)20)12(22)14-6/h5-10H,1-2H2,(H,13,21)(H,14,22)(H,17,18)(H,19,20)/t5-,6+,7-,8-,9+,10-/m1/s1. The van der Waals surface area contributed by atoms with E-state index in [1.54, 1.807) is 0 Å². The molecule has 6 atom stereocenters. The summed E-state index contributed by atoms with van der Waals surface area (Å²) in [7, 11) is 0. The molecule has 0 radical (unpaired) electrons. The number of amides is 4. The van der Waals surface area contributed by atoms with Crippen LogP contribution in [0.5, 0.6) is 0 Å². The van der Waals surface area contributed by atoms with Crippen LogP contribution in [-0.4, -0.2) is 94.6 Å². The molecule has 26 heavy (non-hydrogen) atoms. The number of nitrogens with one attached hydrogen (secondary N) is 2. The summed E-state index contributed by atoms with van der Waals surface area (Å²) >= 11 is 0. The highest BCUT2D eigenvalue weighted by molar-refractivity contribution is 5.83. The molecule has 0 saturated carbocycles. The molecule has 4 N–H and O–H groups in total. The number of ether oxygens (including phenoxy) is 4. The van der Waals surface area contributed by atoms with Gasteiger partial charge in [-0.3, -0.25) is 19.4 Å². The van der Waals surface area contributed by atoms with Crippen molar-refractivity contribution in [2.75, 3.05) is 13.1 Å². The van der Waals surface area contributed by atoms with Gasteiger partial charge in [-0.1, -0.05) is 0 Å². The molecule has 4 aliphatic heterocycles. The zero-order valence-corrected chi connectivity index (χ0v) is 12.9. The number of fused-ring (bicyclic) bond motifs is 2. The fraction of sp³-hybridized carbons (Fsp3) is 0.667. The van der Waals surface area contributed by atoms with Crippen molar-refractivity contribution in [1.82, 2.24) is 20.4 Å². The first kappa shape index (κ1) is 16.8. The van der Waals surface area contributed by atoms with Gasteiger partial charge in [0, 0.05) is 0 Å². The molecule has 4 amide bonds. The van der Waals surface area contributed by atoms with Crippen LogP contribution >= 0.6 is 0 Å². The van der Waals surface area contributed by atoms with E-state index in [1.165, 1.54) is 0 Å². The summed E-state index contributed by atoms with van der Waals surface area (Å²) in [6, 6.07) is -1.29. The van der Waals surface area contributed by atoms with Crippen LogP contribution in [-0.2, 0) is 28.5 Å². The molecule has 0 unspecified atom stereocenters. The predicted octanol–water partition coefficient (Wildman–Crippen LogP) is -2.74. The average molecular weight is 374 g/mol. The molecule has 4 fully saturated rings. The zero-order chi connectivity index (χ0) is 18.6. The van der Waals surface area contributed by atoms with Crippen molar-refractivity contribution in [3.8, 4) is 0 Å². The van der Waals surface area contributed by atoms with Crippen molar-refractivity contribution < 1.29 is 48.3 Å². The maximum Gasteiger partial charge on any atom is 0.323 e. The van der Waals surface area contributed by atoms with Crippen molar-refractivity contribution in [2.45, 2.75) is 37.5 Å². The quantitative estimate of drug-likeness (QED) is 0.395. The molecule has 14 heteroatoms. The van der Waals surface area contributed by atoms with Crippen molar-refractivity contribution in [1.29, 1.82) is 0 Å². The smallest absolute Gasteiger partial charge is 0.323 e. The summed E-state index contributed by atoms with van der Waals surface area (Å²) in [6.07, 6.45) is -6.03. The first-order chi connectivity index (χ1) is 12.3. The van der Waals surface area contributed by atoms with Gasteiger partial charge in [0.05, 0.1) is 0 Å². The van der Waals surface area contributed by atoms with Crippen LogP contribution in [0.1, 0.15) is 0 Å². The van der Waals surface area contributed by atoms with Crippen LogP contribution in [0.25, 0.3) is 0 Å². The highest BCUT2D eigenvalue weighted by Crippen LogP contribution is 2.34. The first-order valence-corrected chi connectivity index (χ1v) is 7.53. The lowest BCUT2D eigenvalue weighted by Crippen LogP contribution is -2.43. The number of nitrogens with zero attached hydrogens (tertiary/aromatic N) is 2. The summed E-state index contributed by atoms with van der Waals surface area (Å²) in [5.74, 6) is -2.44. The minimum absolute atomic E-state index is 0.580. The fourth-order valence-corrected chi connectivity index (χ4v) is 3.10. The molecule has 142 valence electrons. The van der Waals surface area contributed by atoms with Crippen LogP contribution < -0.4 is 10.6 Å². The first-order valence-electron chi connectivity index (χ1n) is 7.53. The minimum atomic E-state index is -1.22. The number of hydrogen-bond donors (Lipinski definition) is 4. The maximum atomic E-state index is 11.7. The van der Waals surface area contributed by atoms with Crippen molar-refractivity contribution in [3.63, 3.8) is 0 Å². The number of carboxylic acid groups (broad SMARTS) is 2. The third-order valence-corrected chi connectivity index (χ3v) is 4.13. The lowest BCUT2D eigenvalue weighted by molar-refractivity contribution is -0.235. The Bertz CT molecular complexity index is 616. The molecule has 0 spiro atoms. The van der Waals surface area contributed by atoms with E-state index in [4.69, 9.17) is 29.2 Å². The van der Waals surface area contributed by atoms with E-state index in [0.29, 0.717) is 0 Å². The number of rotatable bonds is 5. The molecule has 14 nitrogen and oxygen atoms in total. The van der Waals surface area contributed by atoms with Gasteiger partial charge in [0.1, 0.15) is 13.1 Å². The van der Waals surface area contributed by atoms with E-state index in [-0.39, 0.29) is 0 Å². The van der Waals surface area contributed by atoms with E-state index < -0.39 is 74.6 Å². The van der Waals surface area contributed by atoms with Gasteiger partial charge < -0.3 is 39.8 Å². The van der Waals surface area contributed by atoms with E-state index in [0.717, 1.165) is 9.80 Å². The molecule has 4 aliphatic rings. The minimum Gasteiger partial charge on any atom is -0.480 e. The number of carbonyl (C=O) groups excluding carboxylic acids is 2. The Hall–Kier alpha value is -2.68. The lowest BCUT2D eigenvalue weighted by Gasteiger charge is -2.23. The Morgan fingerprint density at radius 2 is 1.19 bits per heavy atom. The molecule has 4 heterocycles. The second kappa shape index (κ2) is 5.94. The summed E-state index contributed by atoms with van der Waals surface area (Å²) in [4.78, 5) is 47.0. The average Bonchev–Trinajstić information content (AvgIpc) is 3.24. The number of hydrogen-bond acceptors (Lipinski definition) is 8. The summed E-state index contributed by atoms with van der Waals surface area (Å²) in [6.45, 7) is -1.16. The zero-order valence-electron chi connectivity index (χ0n) is 12.9. The van der Waals surface area contributed by atoms with Gasteiger partial charge in [-0.2, -0.15) is 0 Å². The normalized spacial score (nSPS) is 38.2. The predicted molar refractivity (Wildman–Crippen MR) is 72.8 cm³/mol. The molecule has 0 aliphatic carbocycles. The second-order valence-corrected chi connectivity index (χ2v) is 5.85. The second-order valence-electron chi connectivity index (χ2n) is 5.85. The molecule has 0 aromatic rings. The van der Waals surface area contributed by atoms with Crippen molar-refractivity contribution >= 4 is 24.0 Å². The number of urea groups is 2. The lowest BCUT2D eigenvalue weighted by atomic mass is 10.4. The van der Waals surface area contributed by atoms with Gasteiger partial charge in [-0.05, 0) is 0 Å². The van der Waals surface area contributed by atoms with E-state index in [1.807, 2.05) is 0 Å². The molecular weight excluding hydrogens is 360 g/mol. The van der Waals surface area contributed by atoms with Crippen molar-refractivity contribution in [3.05, 3.63) is 0 Å². The van der Waals surface area contributed by atoms with E-state index >= 15 is 0 Å². The number of aliphatic carboxylic acids is 2. The van der Waals surface area contributed by atoms with Gasteiger partial charge in [-0.15, -0.1) is 0 Å². The summed E-state index contributed by atoms with van der Waals surface area (Å²) < 4.78 is 22.0. The van der Waals surface area contributed by atoms with Crippen LogP contribution in [0.3, 0.4) is 0 Å². The molecule has 0 aromatic carbocycles. The Balaban J connectivity index is 1.40. The van der Waals surface area contributed by atoms with E-state index in [2.05, 4.69) is 10.6 Å². The van der Waals surface area contributed by atoms with Crippen LogP contribution in [0.4, 0.5) is 9.59 Å².